The number of carbonyl (C=O) groups excluding carboxylic acids is 1. The van der Waals surface area contributed by atoms with E-state index < -0.39 is 0 Å². The van der Waals surface area contributed by atoms with Crippen LogP contribution in [-0.2, 0) is 4.79 Å². The molecule has 0 radical (unpaired) electrons. The van der Waals surface area contributed by atoms with Gasteiger partial charge in [0.1, 0.15) is 5.75 Å². The number of nitrogens with zero attached hydrogens (tertiary/aromatic N) is 3. The van der Waals surface area contributed by atoms with Crippen molar-refractivity contribution >= 4 is 11.9 Å². The summed E-state index contributed by atoms with van der Waals surface area (Å²) in [5, 5.41) is 6.89. The highest BCUT2D eigenvalue weighted by Gasteiger charge is 2.28. The number of methoxy groups -OCH3 is 1. The molecule has 1 heterocycles. The third-order valence-electron chi connectivity index (χ3n) is 5.14. The minimum Gasteiger partial charge on any atom is -0.496 e. The van der Waals surface area contributed by atoms with E-state index in [1.807, 2.05) is 36.9 Å². The summed E-state index contributed by atoms with van der Waals surface area (Å²) >= 11 is 0. The first-order valence-electron chi connectivity index (χ1n) is 9.92. The lowest BCUT2D eigenvalue weighted by atomic mass is 10.0. The number of amides is 1. The summed E-state index contributed by atoms with van der Waals surface area (Å²) in [7, 11) is 7.58. The number of rotatable bonds is 7. The van der Waals surface area contributed by atoms with Gasteiger partial charge in [0, 0.05) is 44.2 Å². The molecule has 1 saturated heterocycles. The molecular weight excluding hydrogens is 354 g/mol. The number of likely N-dealkylation sites (tertiary alicyclic amines) is 1. The van der Waals surface area contributed by atoms with Gasteiger partial charge in [-0.25, -0.2) is 0 Å². The number of likely N-dealkylation sites (N-methyl/N-ethyl adjacent to an activating group) is 1. The summed E-state index contributed by atoms with van der Waals surface area (Å²) in [5.41, 5.74) is 1.13. The molecule has 1 aromatic rings. The molecular formula is C21H35N5O2. The molecule has 1 aliphatic heterocycles. The van der Waals surface area contributed by atoms with Crippen LogP contribution in [0.15, 0.2) is 29.3 Å². The Morgan fingerprint density at radius 1 is 1.36 bits per heavy atom. The van der Waals surface area contributed by atoms with Crippen LogP contribution >= 0.6 is 0 Å². The van der Waals surface area contributed by atoms with Crippen LogP contribution in [0.4, 0.5) is 0 Å². The van der Waals surface area contributed by atoms with E-state index in [0.29, 0.717) is 6.54 Å². The van der Waals surface area contributed by atoms with Crippen molar-refractivity contribution in [2.24, 2.45) is 10.9 Å². The van der Waals surface area contributed by atoms with Crippen molar-refractivity contribution in [1.29, 1.82) is 0 Å². The van der Waals surface area contributed by atoms with Gasteiger partial charge in [0.25, 0.3) is 0 Å². The number of carbonyl (C=O) groups is 1. The normalized spacial score (nSPS) is 18.5. The van der Waals surface area contributed by atoms with Crippen LogP contribution in [-0.4, -0.2) is 75.6 Å². The molecule has 0 aromatic heterocycles. The van der Waals surface area contributed by atoms with Gasteiger partial charge in [0.05, 0.1) is 13.2 Å². The number of hydrogen-bond donors (Lipinski definition) is 2. The van der Waals surface area contributed by atoms with E-state index >= 15 is 0 Å². The second kappa shape index (κ2) is 10.3. The van der Waals surface area contributed by atoms with Gasteiger partial charge in [0.15, 0.2) is 5.96 Å². The number of nitrogens with one attached hydrogen (secondary N) is 2. The van der Waals surface area contributed by atoms with Crippen LogP contribution in [0.3, 0.4) is 0 Å². The molecule has 2 N–H and O–H groups in total. The molecule has 0 aliphatic carbocycles. The average Bonchev–Trinajstić information content (AvgIpc) is 3.14. The van der Waals surface area contributed by atoms with E-state index in [-0.39, 0.29) is 23.9 Å². The zero-order chi connectivity index (χ0) is 20.7. The molecule has 2 atom stereocenters. The lowest BCUT2D eigenvalue weighted by molar-refractivity contribution is -0.133. The second-order valence-corrected chi connectivity index (χ2v) is 7.74. The number of para-hydroxylation sites is 1. The number of guanidine groups is 1. The molecule has 7 heteroatoms. The molecule has 1 fully saturated rings. The number of aliphatic imine (C=N–C) groups is 1. The quantitative estimate of drug-likeness (QED) is 0.549. The summed E-state index contributed by atoms with van der Waals surface area (Å²) in [4.78, 5) is 20.7. The summed E-state index contributed by atoms with van der Waals surface area (Å²) < 4.78 is 5.53. The summed E-state index contributed by atoms with van der Waals surface area (Å²) in [6.07, 6.45) is 0.933. The van der Waals surface area contributed by atoms with Gasteiger partial charge in [-0.2, -0.15) is 0 Å². The Morgan fingerprint density at radius 3 is 2.68 bits per heavy atom. The molecule has 0 bridgehead atoms. The predicted octanol–water partition coefficient (Wildman–Crippen LogP) is 1.72. The van der Waals surface area contributed by atoms with Crippen LogP contribution in [0.25, 0.3) is 0 Å². The van der Waals surface area contributed by atoms with Crippen LogP contribution in [0.5, 0.6) is 5.75 Å². The smallest absolute Gasteiger partial charge is 0.225 e. The molecule has 2 rings (SSSR count). The molecule has 0 spiro atoms. The molecule has 7 nitrogen and oxygen atoms in total. The van der Waals surface area contributed by atoms with E-state index in [4.69, 9.17) is 4.74 Å². The van der Waals surface area contributed by atoms with Crippen LogP contribution < -0.4 is 15.4 Å². The Balaban J connectivity index is 1.96. The van der Waals surface area contributed by atoms with E-state index in [9.17, 15) is 4.79 Å². The van der Waals surface area contributed by atoms with Crippen molar-refractivity contribution in [3.8, 4) is 5.75 Å². The maximum Gasteiger partial charge on any atom is 0.225 e. The third kappa shape index (κ3) is 5.61. The van der Waals surface area contributed by atoms with E-state index in [0.717, 1.165) is 36.8 Å². The Morgan fingerprint density at radius 2 is 2.07 bits per heavy atom. The Labute approximate surface area is 169 Å². The second-order valence-electron chi connectivity index (χ2n) is 7.74. The molecule has 1 aromatic carbocycles. The number of benzene rings is 1. The zero-order valence-electron chi connectivity index (χ0n) is 18.0. The zero-order valence-corrected chi connectivity index (χ0v) is 18.0. The van der Waals surface area contributed by atoms with Crippen molar-refractivity contribution in [3.05, 3.63) is 29.8 Å². The highest BCUT2D eigenvalue weighted by atomic mass is 16.5. The fraction of sp³-hybridized carbons (Fsp3) is 0.619. The van der Waals surface area contributed by atoms with Crippen LogP contribution in [0, 0.1) is 5.92 Å². The summed E-state index contributed by atoms with van der Waals surface area (Å²) in [6, 6.07) is 8.44. The number of ether oxygens (including phenoxy) is 1. The van der Waals surface area contributed by atoms with Gasteiger partial charge in [-0.05, 0) is 26.6 Å². The van der Waals surface area contributed by atoms with E-state index in [1.54, 1.807) is 14.2 Å². The lowest BCUT2D eigenvalue weighted by Crippen LogP contribution is -2.47. The van der Waals surface area contributed by atoms with Crippen molar-refractivity contribution in [2.75, 3.05) is 47.9 Å². The summed E-state index contributed by atoms with van der Waals surface area (Å²) in [5.74, 6) is 1.89. The van der Waals surface area contributed by atoms with Crippen molar-refractivity contribution in [3.63, 3.8) is 0 Å². The maximum absolute atomic E-state index is 12.2. The minimum atomic E-state index is 0.0397. The van der Waals surface area contributed by atoms with Crippen molar-refractivity contribution in [1.82, 2.24) is 20.4 Å². The Bertz CT molecular complexity index is 675. The van der Waals surface area contributed by atoms with Crippen molar-refractivity contribution in [2.45, 2.75) is 32.4 Å². The third-order valence-corrected chi connectivity index (χ3v) is 5.14. The summed E-state index contributed by atoms with van der Waals surface area (Å²) in [6.45, 7) is 6.11. The van der Waals surface area contributed by atoms with Gasteiger partial charge in [-0.15, -0.1) is 0 Å². The first kappa shape index (κ1) is 22.0. The van der Waals surface area contributed by atoms with Crippen LogP contribution in [0.1, 0.15) is 31.9 Å². The van der Waals surface area contributed by atoms with Crippen LogP contribution in [0.2, 0.25) is 0 Å². The van der Waals surface area contributed by atoms with Gasteiger partial charge in [0.2, 0.25) is 5.91 Å². The van der Waals surface area contributed by atoms with Gasteiger partial charge in [-0.1, -0.05) is 32.0 Å². The molecule has 1 aliphatic rings. The van der Waals surface area contributed by atoms with Gasteiger partial charge < -0.3 is 25.2 Å². The Hall–Kier alpha value is -2.28. The minimum absolute atomic E-state index is 0.0397. The van der Waals surface area contributed by atoms with Crippen molar-refractivity contribution < 1.29 is 9.53 Å². The highest BCUT2D eigenvalue weighted by Crippen LogP contribution is 2.27. The lowest BCUT2D eigenvalue weighted by Gasteiger charge is -2.28. The topological polar surface area (TPSA) is 69.2 Å². The predicted molar refractivity (Wildman–Crippen MR) is 114 cm³/mol. The SMILES string of the molecule is CN=C(NCC(c1ccccc1OC)N(C)C)NC1CCN(C(=O)C(C)C)C1. The fourth-order valence-electron chi connectivity index (χ4n) is 3.54. The first-order chi connectivity index (χ1) is 13.4. The monoisotopic (exact) mass is 389 g/mol. The molecule has 1 amide bonds. The van der Waals surface area contributed by atoms with Gasteiger partial charge in [-0.3, -0.25) is 9.79 Å². The van der Waals surface area contributed by atoms with Gasteiger partial charge >= 0.3 is 0 Å². The molecule has 2 unspecified atom stereocenters. The first-order valence-corrected chi connectivity index (χ1v) is 9.92. The largest absolute Gasteiger partial charge is 0.496 e. The maximum atomic E-state index is 12.2. The number of hydrogen-bond acceptors (Lipinski definition) is 4. The fourth-order valence-corrected chi connectivity index (χ4v) is 3.54. The standard InChI is InChI=1S/C21H35N5O2/c1-15(2)20(27)26-12-11-16(14-26)24-21(22-3)23-13-18(25(4)5)17-9-7-8-10-19(17)28-6/h7-10,15-16,18H,11-14H2,1-6H3,(H2,22,23,24). The average molecular weight is 390 g/mol. The van der Waals surface area contributed by atoms with E-state index in [1.165, 1.54) is 0 Å². The highest BCUT2D eigenvalue weighted by molar-refractivity contribution is 5.81. The Kier molecular flexibility index (Phi) is 8.11. The molecule has 156 valence electrons. The molecule has 28 heavy (non-hydrogen) atoms. The molecule has 0 saturated carbocycles. The van der Waals surface area contributed by atoms with E-state index in [2.05, 4.69) is 40.7 Å².